The standard InChI is InChI=1S/C14H27N3O2.ClH/c1-4-6-12(18)17-8-5-7-11(9-17)13(19)16-10-14(2,3)15;/h11H,4-10,15H2,1-3H3,(H,16,19);1H. The molecule has 0 spiro atoms. The van der Waals surface area contributed by atoms with Crippen molar-refractivity contribution in [3.63, 3.8) is 0 Å². The number of piperidine rings is 1. The van der Waals surface area contributed by atoms with Crippen LogP contribution in [0.3, 0.4) is 0 Å². The van der Waals surface area contributed by atoms with Crippen LogP contribution in [0.4, 0.5) is 0 Å². The first-order valence-electron chi connectivity index (χ1n) is 7.18. The van der Waals surface area contributed by atoms with E-state index in [0.717, 1.165) is 25.8 Å². The predicted molar refractivity (Wildman–Crippen MR) is 82.7 cm³/mol. The van der Waals surface area contributed by atoms with Crippen molar-refractivity contribution in [1.29, 1.82) is 0 Å². The number of rotatable bonds is 5. The molecule has 6 heteroatoms. The Kier molecular flexibility index (Phi) is 8.13. The van der Waals surface area contributed by atoms with Gasteiger partial charge >= 0.3 is 0 Å². The molecule has 1 rings (SSSR count). The molecule has 20 heavy (non-hydrogen) atoms. The van der Waals surface area contributed by atoms with Gasteiger partial charge in [-0.2, -0.15) is 0 Å². The molecule has 5 nitrogen and oxygen atoms in total. The van der Waals surface area contributed by atoms with Crippen LogP contribution in [-0.4, -0.2) is 41.9 Å². The fourth-order valence-corrected chi connectivity index (χ4v) is 2.25. The Morgan fingerprint density at radius 3 is 2.60 bits per heavy atom. The second-order valence-electron chi connectivity index (χ2n) is 6.14. The van der Waals surface area contributed by atoms with Crippen molar-refractivity contribution in [3.05, 3.63) is 0 Å². The monoisotopic (exact) mass is 305 g/mol. The number of amides is 2. The Labute approximate surface area is 128 Å². The summed E-state index contributed by atoms with van der Waals surface area (Å²) in [6.45, 7) is 7.55. The van der Waals surface area contributed by atoms with Crippen molar-refractivity contribution in [3.8, 4) is 0 Å². The number of nitrogens with one attached hydrogen (secondary N) is 1. The summed E-state index contributed by atoms with van der Waals surface area (Å²) in [7, 11) is 0. The SMILES string of the molecule is CCCC(=O)N1CCCC(C(=O)NCC(C)(C)N)C1.Cl. The van der Waals surface area contributed by atoms with E-state index in [4.69, 9.17) is 5.73 Å². The van der Waals surface area contributed by atoms with E-state index in [9.17, 15) is 9.59 Å². The fraction of sp³-hybridized carbons (Fsp3) is 0.857. The first kappa shape index (κ1) is 19.2. The van der Waals surface area contributed by atoms with Gasteiger partial charge in [-0.25, -0.2) is 0 Å². The van der Waals surface area contributed by atoms with Crippen molar-refractivity contribution in [2.75, 3.05) is 19.6 Å². The largest absolute Gasteiger partial charge is 0.354 e. The number of nitrogens with two attached hydrogens (primary N) is 1. The van der Waals surface area contributed by atoms with Gasteiger partial charge in [0.15, 0.2) is 0 Å². The molecule has 118 valence electrons. The number of carbonyl (C=O) groups is 2. The minimum atomic E-state index is -0.401. The zero-order valence-corrected chi connectivity index (χ0v) is 13.6. The maximum absolute atomic E-state index is 12.1. The van der Waals surface area contributed by atoms with E-state index in [2.05, 4.69) is 5.32 Å². The number of nitrogens with zero attached hydrogens (tertiary/aromatic N) is 1. The highest BCUT2D eigenvalue weighted by atomic mass is 35.5. The van der Waals surface area contributed by atoms with Crippen LogP contribution < -0.4 is 11.1 Å². The molecule has 0 saturated carbocycles. The lowest BCUT2D eigenvalue weighted by Gasteiger charge is -2.32. The van der Waals surface area contributed by atoms with E-state index in [1.54, 1.807) is 0 Å². The normalized spacial score (nSPS) is 19.2. The first-order valence-corrected chi connectivity index (χ1v) is 7.18. The molecule has 0 aromatic heterocycles. The molecular formula is C14H28ClN3O2. The summed E-state index contributed by atoms with van der Waals surface area (Å²) in [6, 6.07) is 0. The molecule has 2 amide bonds. The Hall–Kier alpha value is -0.810. The highest BCUT2D eigenvalue weighted by Gasteiger charge is 2.28. The topological polar surface area (TPSA) is 75.4 Å². The van der Waals surface area contributed by atoms with Crippen LogP contribution in [0.15, 0.2) is 0 Å². The maximum Gasteiger partial charge on any atom is 0.224 e. The van der Waals surface area contributed by atoms with E-state index >= 15 is 0 Å². The zero-order chi connectivity index (χ0) is 14.5. The molecule has 1 aliphatic rings. The summed E-state index contributed by atoms with van der Waals surface area (Å²) in [5.41, 5.74) is 5.45. The molecule has 3 N–H and O–H groups in total. The van der Waals surface area contributed by atoms with Gasteiger partial charge < -0.3 is 16.0 Å². The van der Waals surface area contributed by atoms with Gasteiger partial charge in [-0.05, 0) is 33.1 Å². The van der Waals surface area contributed by atoms with Crippen LogP contribution in [0, 0.1) is 5.92 Å². The summed E-state index contributed by atoms with van der Waals surface area (Å²) >= 11 is 0. The lowest BCUT2D eigenvalue weighted by atomic mass is 9.96. The summed E-state index contributed by atoms with van der Waals surface area (Å²) in [5, 5.41) is 2.88. The van der Waals surface area contributed by atoms with Crippen LogP contribution in [-0.2, 0) is 9.59 Å². The van der Waals surface area contributed by atoms with E-state index in [-0.39, 0.29) is 30.1 Å². The third-order valence-corrected chi connectivity index (χ3v) is 3.33. The summed E-state index contributed by atoms with van der Waals surface area (Å²) in [5.74, 6) is 0.101. The lowest BCUT2D eigenvalue weighted by Crippen LogP contribution is -2.50. The molecule has 0 aromatic rings. The van der Waals surface area contributed by atoms with Gasteiger partial charge in [0.2, 0.25) is 11.8 Å². The fourth-order valence-electron chi connectivity index (χ4n) is 2.25. The third-order valence-electron chi connectivity index (χ3n) is 3.33. The highest BCUT2D eigenvalue weighted by Crippen LogP contribution is 2.17. The van der Waals surface area contributed by atoms with Crippen LogP contribution in [0.25, 0.3) is 0 Å². The van der Waals surface area contributed by atoms with Crippen LogP contribution in [0.2, 0.25) is 0 Å². The second kappa shape index (κ2) is 8.47. The average molecular weight is 306 g/mol. The van der Waals surface area contributed by atoms with Gasteiger partial charge in [0.1, 0.15) is 0 Å². The van der Waals surface area contributed by atoms with E-state index < -0.39 is 5.54 Å². The zero-order valence-electron chi connectivity index (χ0n) is 12.8. The molecular weight excluding hydrogens is 278 g/mol. The van der Waals surface area contributed by atoms with E-state index in [1.165, 1.54) is 0 Å². The van der Waals surface area contributed by atoms with E-state index in [0.29, 0.717) is 19.5 Å². The summed E-state index contributed by atoms with van der Waals surface area (Å²) in [4.78, 5) is 25.7. The van der Waals surface area contributed by atoms with Gasteiger partial charge in [0.05, 0.1) is 5.92 Å². The molecule has 0 radical (unpaired) electrons. The van der Waals surface area contributed by atoms with Crippen molar-refractivity contribution < 1.29 is 9.59 Å². The number of halogens is 1. The predicted octanol–water partition coefficient (Wildman–Crippen LogP) is 1.30. The van der Waals surface area contributed by atoms with Crippen LogP contribution in [0.1, 0.15) is 46.5 Å². The second-order valence-corrected chi connectivity index (χ2v) is 6.14. The van der Waals surface area contributed by atoms with Crippen LogP contribution >= 0.6 is 12.4 Å². The Balaban J connectivity index is 0.00000361. The van der Waals surface area contributed by atoms with Gasteiger partial charge in [0, 0.05) is 31.6 Å². The van der Waals surface area contributed by atoms with Gasteiger partial charge in [-0.3, -0.25) is 9.59 Å². The van der Waals surface area contributed by atoms with Crippen molar-refractivity contribution in [1.82, 2.24) is 10.2 Å². The number of hydrogen-bond acceptors (Lipinski definition) is 3. The smallest absolute Gasteiger partial charge is 0.224 e. The Morgan fingerprint density at radius 2 is 2.05 bits per heavy atom. The number of likely N-dealkylation sites (tertiary alicyclic amines) is 1. The Morgan fingerprint density at radius 1 is 1.40 bits per heavy atom. The Bertz CT molecular complexity index is 329. The molecule has 1 unspecified atom stereocenters. The minimum Gasteiger partial charge on any atom is -0.354 e. The van der Waals surface area contributed by atoms with Crippen molar-refractivity contribution in [2.24, 2.45) is 11.7 Å². The lowest BCUT2D eigenvalue weighted by molar-refractivity contribution is -0.135. The molecule has 0 bridgehead atoms. The molecule has 1 heterocycles. The molecule has 1 atom stereocenters. The molecule has 0 aromatic carbocycles. The number of hydrogen-bond donors (Lipinski definition) is 2. The minimum absolute atomic E-state index is 0. The van der Waals surface area contributed by atoms with Gasteiger partial charge in [-0.15, -0.1) is 12.4 Å². The molecule has 0 aliphatic carbocycles. The number of carbonyl (C=O) groups excluding carboxylic acids is 2. The maximum atomic E-state index is 12.1. The van der Waals surface area contributed by atoms with Crippen LogP contribution in [0.5, 0.6) is 0 Å². The summed E-state index contributed by atoms with van der Waals surface area (Å²) < 4.78 is 0. The average Bonchev–Trinajstić information content (AvgIpc) is 2.35. The first-order chi connectivity index (χ1) is 8.83. The van der Waals surface area contributed by atoms with Crippen molar-refractivity contribution in [2.45, 2.75) is 52.0 Å². The molecule has 1 fully saturated rings. The van der Waals surface area contributed by atoms with Gasteiger partial charge in [-0.1, -0.05) is 6.92 Å². The van der Waals surface area contributed by atoms with E-state index in [1.807, 2.05) is 25.7 Å². The van der Waals surface area contributed by atoms with Crippen molar-refractivity contribution >= 4 is 24.2 Å². The highest BCUT2D eigenvalue weighted by molar-refractivity contribution is 5.85. The molecule has 1 saturated heterocycles. The summed E-state index contributed by atoms with van der Waals surface area (Å²) in [6.07, 6.45) is 3.18. The quantitative estimate of drug-likeness (QED) is 0.804. The third kappa shape index (κ3) is 6.57. The molecule has 1 aliphatic heterocycles. The van der Waals surface area contributed by atoms with Gasteiger partial charge in [0.25, 0.3) is 0 Å².